The maximum absolute atomic E-state index is 6.29. The first-order chi connectivity index (χ1) is 6.83. The Morgan fingerprint density at radius 3 is 2.43 bits per heavy atom. The smallest absolute Gasteiger partial charge is 0.00699 e. The molecular formula is C13H23N. The van der Waals surface area contributed by atoms with Gasteiger partial charge in [-0.1, -0.05) is 12.8 Å². The van der Waals surface area contributed by atoms with Crippen LogP contribution in [0.4, 0.5) is 0 Å². The second kappa shape index (κ2) is 3.52. The lowest BCUT2D eigenvalue weighted by atomic mass is 9.74. The van der Waals surface area contributed by atoms with Gasteiger partial charge >= 0.3 is 0 Å². The van der Waals surface area contributed by atoms with Gasteiger partial charge in [-0.2, -0.15) is 0 Å². The first kappa shape index (κ1) is 9.21. The molecule has 0 spiro atoms. The highest BCUT2D eigenvalue weighted by molar-refractivity contribution is 4.93. The van der Waals surface area contributed by atoms with Crippen molar-refractivity contribution in [1.82, 2.24) is 0 Å². The van der Waals surface area contributed by atoms with E-state index in [1.807, 2.05) is 0 Å². The van der Waals surface area contributed by atoms with Gasteiger partial charge in [0.05, 0.1) is 0 Å². The van der Waals surface area contributed by atoms with Gasteiger partial charge in [-0.05, 0) is 62.2 Å². The Kier molecular flexibility index (Phi) is 2.31. The van der Waals surface area contributed by atoms with E-state index in [9.17, 15) is 0 Å². The molecule has 0 aromatic rings. The zero-order valence-electron chi connectivity index (χ0n) is 9.12. The van der Waals surface area contributed by atoms with Crippen LogP contribution < -0.4 is 5.73 Å². The summed E-state index contributed by atoms with van der Waals surface area (Å²) < 4.78 is 0. The zero-order valence-corrected chi connectivity index (χ0v) is 9.12. The van der Waals surface area contributed by atoms with Crippen LogP contribution in [0.25, 0.3) is 0 Å². The molecule has 4 unspecified atom stereocenters. The normalized spacial score (nSPS) is 43.9. The second-order valence-electron chi connectivity index (χ2n) is 6.03. The molecule has 1 nitrogen and oxygen atoms in total. The SMILES string of the molecule is NC(CC1CC2CCC1C2)C1CCC1. The first-order valence-electron chi connectivity index (χ1n) is 6.58. The first-order valence-corrected chi connectivity index (χ1v) is 6.58. The number of hydrogen-bond donors (Lipinski definition) is 1. The summed E-state index contributed by atoms with van der Waals surface area (Å²) in [6.45, 7) is 0. The van der Waals surface area contributed by atoms with E-state index in [0.29, 0.717) is 6.04 Å². The van der Waals surface area contributed by atoms with E-state index in [1.54, 1.807) is 6.42 Å². The van der Waals surface area contributed by atoms with E-state index < -0.39 is 0 Å². The van der Waals surface area contributed by atoms with Crippen LogP contribution in [0.1, 0.15) is 51.4 Å². The van der Waals surface area contributed by atoms with Crippen molar-refractivity contribution in [3.8, 4) is 0 Å². The molecule has 3 rings (SSSR count). The van der Waals surface area contributed by atoms with Crippen molar-refractivity contribution >= 4 is 0 Å². The van der Waals surface area contributed by atoms with Gasteiger partial charge in [0.25, 0.3) is 0 Å². The molecule has 3 aliphatic rings. The molecule has 3 saturated carbocycles. The summed E-state index contributed by atoms with van der Waals surface area (Å²) in [6, 6.07) is 0.549. The van der Waals surface area contributed by atoms with Gasteiger partial charge in [0, 0.05) is 6.04 Å². The standard InChI is InChI=1S/C13H23N/c14-13(10-2-1-3-10)8-12-7-9-4-5-11(12)6-9/h9-13H,1-8,14H2. The van der Waals surface area contributed by atoms with Crippen LogP contribution in [0.5, 0.6) is 0 Å². The monoisotopic (exact) mass is 193 g/mol. The molecular weight excluding hydrogens is 170 g/mol. The molecule has 4 atom stereocenters. The van der Waals surface area contributed by atoms with Gasteiger partial charge in [0.15, 0.2) is 0 Å². The van der Waals surface area contributed by atoms with Crippen molar-refractivity contribution in [2.24, 2.45) is 29.4 Å². The van der Waals surface area contributed by atoms with Crippen molar-refractivity contribution in [3.63, 3.8) is 0 Å². The predicted octanol–water partition coefficient (Wildman–Crippen LogP) is 2.94. The van der Waals surface area contributed by atoms with Crippen LogP contribution >= 0.6 is 0 Å². The Labute approximate surface area is 87.4 Å². The highest BCUT2D eigenvalue weighted by atomic mass is 14.7. The average molecular weight is 193 g/mol. The van der Waals surface area contributed by atoms with Crippen molar-refractivity contribution in [2.45, 2.75) is 57.4 Å². The van der Waals surface area contributed by atoms with Crippen molar-refractivity contribution in [3.05, 3.63) is 0 Å². The van der Waals surface area contributed by atoms with E-state index in [-0.39, 0.29) is 0 Å². The van der Waals surface area contributed by atoms with Crippen molar-refractivity contribution in [2.75, 3.05) is 0 Å². The Bertz CT molecular complexity index is 209. The lowest BCUT2D eigenvalue weighted by Gasteiger charge is -2.34. The molecule has 2 N–H and O–H groups in total. The Balaban J connectivity index is 1.52. The maximum Gasteiger partial charge on any atom is 0.00699 e. The van der Waals surface area contributed by atoms with Gasteiger partial charge < -0.3 is 5.73 Å². The highest BCUT2D eigenvalue weighted by Crippen LogP contribution is 2.50. The Hall–Kier alpha value is -0.0400. The summed E-state index contributed by atoms with van der Waals surface area (Å²) in [5.74, 6) is 4.09. The summed E-state index contributed by atoms with van der Waals surface area (Å²) in [6.07, 6.45) is 11.7. The minimum atomic E-state index is 0.549. The Morgan fingerprint density at radius 2 is 1.93 bits per heavy atom. The summed E-state index contributed by atoms with van der Waals surface area (Å²) in [5.41, 5.74) is 6.29. The minimum absolute atomic E-state index is 0.549. The topological polar surface area (TPSA) is 26.0 Å². The van der Waals surface area contributed by atoms with Crippen LogP contribution in [-0.4, -0.2) is 6.04 Å². The third-order valence-electron chi connectivity index (χ3n) is 5.21. The number of rotatable bonds is 3. The predicted molar refractivity (Wildman–Crippen MR) is 58.9 cm³/mol. The van der Waals surface area contributed by atoms with Crippen LogP contribution in [0.3, 0.4) is 0 Å². The van der Waals surface area contributed by atoms with E-state index in [4.69, 9.17) is 5.73 Å². The number of hydrogen-bond acceptors (Lipinski definition) is 1. The number of fused-ring (bicyclic) bond motifs is 2. The average Bonchev–Trinajstić information content (AvgIpc) is 2.60. The Morgan fingerprint density at radius 1 is 1.07 bits per heavy atom. The van der Waals surface area contributed by atoms with Gasteiger partial charge in [0.1, 0.15) is 0 Å². The largest absolute Gasteiger partial charge is 0.327 e. The van der Waals surface area contributed by atoms with Crippen molar-refractivity contribution < 1.29 is 0 Å². The third kappa shape index (κ3) is 1.50. The molecule has 0 heterocycles. The fraction of sp³-hybridized carbons (Fsp3) is 1.00. The summed E-state index contributed by atoms with van der Waals surface area (Å²) in [4.78, 5) is 0. The molecule has 0 aromatic heterocycles. The molecule has 0 radical (unpaired) electrons. The molecule has 0 saturated heterocycles. The fourth-order valence-electron chi connectivity index (χ4n) is 4.08. The van der Waals surface area contributed by atoms with Crippen LogP contribution in [0.2, 0.25) is 0 Å². The molecule has 2 bridgehead atoms. The summed E-state index contributed by atoms with van der Waals surface area (Å²) in [5, 5.41) is 0. The summed E-state index contributed by atoms with van der Waals surface area (Å²) in [7, 11) is 0. The van der Waals surface area contributed by atoms with Gasteiger partial charge in [0.2, 0.25) is 0 Å². The lowest BCUT2D eigenvalue weighted by Crippen LogP contribution is -2.37. The highest BCUT2D eigenvalue weighted by Gasteiger charge is 2.40. The van der Waals surface area contributed by atoms with E-state index in [2.05, 4.69) is 0 Å². The molecule has 3 fully saturated rings. The molecule has 0 amide bonds. The van der Waals surface area contributed by atoms with Gasteiger partial charge in [-0.15, -0.1) is 0 Å². The fourth-order valence-corrected chi connectivity index (χ4v) is 4.08. The molecule has 3 aliphatic carbocycles. The van der Waals surface area contributed by atoms with E-state index in [1.165, 1.54) is 44.9 Å². The summed E-state index contributed by atoms with van der Waals surface area (Å²) >= 11 is 0. The lowest BCUT2D eigenvalue weighted by molar-refractivity contribution is 0.205. The molecule has 0 aromatic carbocycles. The third-order valence-corrected chi connectivity index (χ3v) is 5.21. The number of nitrogens with two attached hydrogens (primary N) is 1. The van der Waals surface area contributed by atoms with Crippen LogP contribution in [-0.2, 0) is 0 Å². The molecule has 0 aliphatic heterocycles. The minimum Gasteiger partial charge on any atom is -0.327 e. The molecule has 1 heteroatoms. The van der Waals surface area contributed by atoms with Gasteiger partial charge in [-0.3, -0.25) is 0 Å². The van der Waals surface area contributed by atoms with E-state index in [0.717, 1.165) is 23.7 Å². The van der Waals surface area contributed by atoms with Crippen LogP contribution in [0.15, 0.2) is 0 Å². The molecule has 80 valence electrons. The maximum atomic E-state index is 6.29. The van der Waals surface area contributed by atoms with Gasteiger partial charge in [-0.25, -0.2) is 0 Å². The van der Waals surface area contributed by atoms with Crippen LogP contribution in [0, 0.1) is 23.7 Å². The van der Waals surface area contributed by atoms with E-state index >= 15 is 0 Å². The quantitative estimate of drug-likeness (QED) is 0.732. The van der Waals surface area contributed by atoms with Crippen molar-refractivity contribution in [1.29, 1.82) is 0 Å². The second-order valence-corrected chi connectivity index (χ2v) is 6.03. The zero-order chi connectivity index (χ0) is 9.54. The molecule has 14 heavy (non-hydrogen) atoms.